The van der Waals surface area contributed by atoms with Gasteiger partial charge in [-0.15, -0.1) is 5.10 Å². The second-order valence-corrected chi connectivity index (χ2v) is 5.40. The number of carbonyl (C=O) groups excluding carboxylic acids is 1. The molecule has 0 aromatic carbocycles. The molecule has 1 aliphatic rings. The lowest BCUT2D eigenvalue weighted by atomic mass is 10.0. The zero-order valence-electron chi connectivity index (χ0n) is 10.0. The predicted octanol–water partition coefficient (Wildman–Crippen LogP) is 2.07. The van der Waals surface area contributed by atoms with Gasteiger partial charge in [-0.1, -0.05) is 0 Å². The van der Waals surface area contributed by atoms with Gasteiger partial charge in [0.2, 0.25) is 5.89 Å². The molecule has 0 unspecified atom stereocenters. The van der Waals surface area contributed by atoms with Crippen LogP contribution >= 0.6 is 12.2 Å². The molecule has 0 saturated carbocycles. The van der Waals surface area contributed by atoms with Crippen molar-refractivity contribution in [2.45, 2.75) is 32.3 Å². The number of likely N-dealkylation sites (tertiary alicyclic amines) is 1. The number of aromatic nitrogens is 2. The van der Waals surface area contributed by atoms with Crippen molar-refractivity contribution < 1.29 is 13.9 Å². The van der Waals surface area contributed by atoms with Crippen molar-refractivity contribution in [1.82, 2.24) is 15.1 Å². The SMILES string of the molecule is CC(C)(C)OC(=O)N1CC(c2n[nH]c(=S)o2)C1. The van der Waals surface area contributed by atoms with Crippen LogP contribution in [-0.2, 0) is 4.74 Å². The van der Waals surface area contributed by atoms with E-state index in [1.807, 2.05) is 20.8 Å². The van der Waals surface area contributed by atoms with Gasteiger partial charge in [-0.2, -0.15) is 0 Å². The lowest BCUT2D eigenvalue weighted by Crippen LogP contribution is -2.50. The van der Waals surface area contributed by atoms with E-state index in [1.54, 1.807) is 4.90 Å². The minimum absolute atomic E-state index is 0.107. The second-order valence-electron chi connectivity index (χ2n) is 5.03. The molecule has 1 aromatic rings. The number of nitrogens with zero attached hydrogens (tertiary/aromatic N) is 2. The molecule has 17 heavy (non-hydrogen) atoms. The van der Waals surface area contributed by atoms with E-state index in [0.29, 0.717) is 19.0 Å². The molecular weight excluding hydrogens is 242 g/mol. The Bertz CT molecular complexity index is 468. The molecule has 0 bridgehead atoms. The lowest BCUT2D eigenvalue weighted by Gasteiger charge is -2.37. The van der Waals surface area contributed by atoms with Crippen molar-refractivity contribution >= 4 is 18.3 Å². The average molecular weight is 257 g/mol. The van der Waals surface area contributed by atoms with Crippen LogP contribution in [0.15, 0.2) is 4.42 Å². The van der Waals surface area contributed by atoms with Crippen LogP contribution in [0.5, 0.6) is 0 Å². The van der Waals surface area contributed by atoms with Gasteiger partial charge < -0.3 is 14.1 Å². The Morgan fingerprint density at radius 3 is 2.71 bits per heavy atom. The third-order valence-corrected chi connectivity index (χ3v) is 2.51. The largest absolute Gasteiger partial charge is 0.444 e. The Morgan fingerprint density at radius 2 is 2.24 bits per heavy atom. The first-order valence-corrected chi connectivity index (χ1v) is 5.79. The molecule has 6 nitrogen and oxygen atoms in total. The van der Waals surface area contributed by atoms with Crippen LogP contribution in [0.2, 0.25) is 0 Å². The van der Waals surface area contributed by atoms with E-state index in [-0.39, 0.29) is 16.8 Å². The molecule has 0 atom stereocenters. The first-order valence-electron chi connectivity index (χ1n) is 5.38. The van der Waals surface area contributed by atoms with E-state index in [4.69, 9.17) is 21.4 Å². The van der Waals surface area contributed by atoms with Crippen LogP contribution in [0.1, 0.15) is 32.6 Å². The van der Waals surface area contributed by atoms with Crippen LogP contribution < -0.4 is 0 Å². The van der Waals surface area contributed by atoms with Crippen molar-refractivity contribution in [3.63, 3.8) is 0 Å². The third-order valence-electron chi connectivity index (χ3n) is 2.34. The molecule has 0 aliphatic carbocycles. The number of amides is 1. The lowest BCUT2D eigenvalue weighted by molar-refractivity contribution is 0.00601. The van der Waals surface area contributed by atoms with E-state index in [9.17, 15) is 4.79 Å². The number of nitrogens with one attached hydrogen (secondary N) is 1. The highest BCUT2D eigenvalue weighted by Crippen LogP contribution is 2.26. The summed E-state index contributed by atoms with van der Waals surface area (Å²) in [7, 11) is 0. The Morgan fingerprint density at radius 1 is 1.59 bits per heavy atom. The summed E-state index contributed by atoms with van der Waals surface area (Å²) in [5, 5.41) is 6.50. The van der Waals surface area contributed by atoms with E-state index in [2.05, 4.69) is 10.2 Å². The number of H-pyrrole nitrogens is 1. The molecule has 94 valence electrons. The van der Waals surface area contributed by atoms with Gasteiger partial charge in [0.25, 0.3) is 4.84 Å². The fourth-order valence-corrected chi connectivity index (χ4v) is 1.66. The van der Waals surface area contributed by atoms with Crippen LogP contribution in [0.3, 0.4) is 0 Å². The van der Waals surface area contributed by atoms with E-state index < -0.39 is 5.60 Å². The Hall–Kier alpha value is -1.37. The van der Waals surface area contributed by atoms with Crippen molar-refractivity contribution in [3.8, 4) is 0 Å². The monoisotopic (exact) mass is 257 g/mol. The smallest absolute Gasteiger partial charge is 0.410 e. The second kappa shape index (κ2) is 4.14. The van der Waals surface area contributed by atoms with Gasteiger partial charge in [-0.25, -0.2) is 9.89 Å². The van der Waals surface area contributed by atoms with E-state index >= 15 is 0 Å². The van der Waals surface area contributed by atoms with E-state index in [1.165, 1.54) is 0 Å². The zero-order chi connectivity index (χ0) is 12.6. The summed E-state index contributed by atoms with van der Waals surface area (Å²) >= 11 is 4.79. The van der Waals surface area contributed by atoms with Gasteiger partial charge in [0.15, 0.2) is 0 Å². The maximum Gasteiger partial charge on any atom is 0.410 e. The first kappa shape index (κ1) is 12.1. The molecular formula is C10H15N3O3S. The average Bonchev–Trinajstić information content (AvgIpc) is 2.45. The topological polar surface area (TPSA) is 71.4 Å². The number of carbonyl (C=O) groups is 1. The van der Waals surface area contributed by atoms with Gasteiger partial charge in [0, 0.05) is 13.1 Å². The Balaban J connectivity index is 1.87. The summed E-state index contributed by atoms with van der Waals surface area (Å²) in [5.74, 6) is 0.658. The van der Waals surface area contributed by atoms with Gasteiger partial charge in [-0.05, 0) is 33.0 Å². The van der Waals surface area contributed by atoms with Gasteiger partial charge in [-0.3, -0.25) is 0 Å². The molecule has 2 heterocycles. The maximum atomic E-state index is 11.6. The highest BCUT2D eigenvalue weighted by molar-refractivity contribution is 7.71. The summed E-state index contributed by atoms with van der Waals surface area (Å²) in [6.45, 7) is 6.63. The quantitative estimate of drug-likeness (QED) is 0.780. The fraction of sp³-hybridized carbons (Fsp3) is 0.700. The molecule has 0 radical (unpaired) electrons. The van der Waals surface area contributed by atoms with Crippen LogP contribution in [0.25, 0.3) is 0 Å². The normalized spacial score (nSPS) is 16.8. The predicted molar refractivity (Wildman–Crippen MR) is 62.2 cm³/mol. The maximum absolute atomic E-state index is 11.6. The minimum Gasteiger partial charge on any atom is -0.444 e. The highest BCUT2D eigenvalue weighted by Gasteiger charge is 2.37. The number of hydrogen-bond acceptors (Lipinski definition) is 5. The molecule has 2 rings (SSSR count). The molecule has 7 heteroatoms. The van der Waals surface area contributed by atoms with E-state index in [0.717, 1.165) is 0 Å². The summed E-state index contributed by atoms with van der Waals surface area (Å²) < 4.78 is 10.4. The number of hydrogen-bond donors (Lipinski definition) is 1. The summed E-state index contributed by atoms with van der Waals surface area (Å²) in [6, 6.07) is 0. The highest BCUT2D eigenvalue weighted by atomic mass is 32.1. The fourth-order valence-electron chi connectivity index (χ4n) is 1.53. The molecule has 1 fully saturated rings. The van der Waals surface area contributed by atoms with Crippen molar-refractivity contribution in [2.75, 3.05) is 13.1 Å². The number of aromatic amines is 1. The van der Waals surface area contributed by atoms with Crippen LogP contribution in [0.4, 0.5) is 4.79 Å². The molecule has 1 saturated heterocycles. The molecule has 1 aromatic heterocycles. The van der Waals surface area contributed by atoms with Gasteiger partial charge in [0.05, 0.1) is 5.92 Å². The number of rotatable bonds is 1. The summed E-state index contributed by atoms with van der Waals surface area (Å²) in [4.78, 5) is 13.5. The standard InChI is InChI=1S/C10H15N3O3S/c1-10(2,3)16-9(14)13-4-6(5-13)7-11-12-8(17)15-7/h6H,4-5H2,1-3H3,(H,12,17). The summed E-state index contributed by atoms with van der Waals surface area (Å²) in [6.07, 6.45) is -0.303. The minimum atomic E-state index is -0.466. The van der Waals surface area contributed by atoms with Crippen molar-refractivity contribution in [2.24, 2.45) is 0 Å². The Kier molecular flexibility index (Phi) is 2.94. The number of ether oxygens (including phenoxy) is 1. The molecule has 1 aliphatic heterocycles. The first-order chi connectivity index (χ1) is 7.85. The molecule has 1 N–H and O–H groups in total. The van der Waals surface area contributed by atoms with Crippen molar-refractivity contribution in [3.05, 3.63) is 10.7 Å². The zero-order valence-corrected chi connectivity index (χ0v) is 10.8. The third kappa shape index (κ3) is 2.85. The molecule has 1 amide bonds. The van der Waals surface area contributed by atoms with Gasteiger partial charge >= 0.3 is 6.09 Å². The molecule has 0 spiro atoms. The van der Waals surface area contributed by atoms with Crippen LogP contribution in [-0.4, -0.2) is 39.9 Å². The van der Waals surface area contributed by atoms with Gasteiger partial charge in [0.1, 0.15) is 5.60 Å². The van der Waals surface area contributed by atoms with Crippen molar-refractivity contribution in [1.29, 1.82) is 0 Å². The Labute approximate surface area is 104 Å². The summed E-state index contributed by atoms with van der Waals surface area (Å²) in [5.41, 5.74) is -0.466. The van der Waals surface area contributed by atoms with Crippen LogP contribution in [0, 0.1) is 4.84 Å².